The van der Waals surface area contributed by atoms with Crippen molar-refractivity contribution < 1.29 is 24.4 Å². The first-order valence-electron chi connectivity index (χ1n) is 16.1. The summed E-state index contributed by atoms with van der Waals surface area (Å²) in [4.78, 5) is 40.9. The number of imidazole rings is 1. The van der Waals surface area contributed by atoms with E-state index in [1.807, 2.05) is 6.92 Å². The first-order valence-corrected chi connectivity index (χ1v) is 16.9. The van der Waals surface area contributed by atoms with Crippen molar-refractivity contribution in [1.82, 2.24) is 9.55 Å². The highest BCUT2D eigenvalue weighted by atomic mass is 79.9. The molecule has 0 spiro atoms. The van der Waals surface area contributed by atoms with Crippen LogP contribution in [-0.2, 0) is 20.9 Å². The number of ketones is 1. The Balaban J connectivity index is 1.22. The molecule has 6 atom stereocenters. The molecule has 0 aliphatic heterocycles. The Morgan fingerprint density at radius 3 is 2.53 bits per heavy atom. The highest BCUT2D eigenvalue weighted by molar-refractivity contribution is 9.10. The maximum absolute atomic E-state index is 13.7. The number of hydrogen-bond donors (Lipinski definition) is 1. The van der Waals surface area contributed by atoms with Crippen LogP contribution in [0.15, 0.2) is 57.2 Å². The van der Waals surface area contributed by atoms with Crippen molar-refractivity contribution in [3.8, 4) is 0 Å². The van der Waals surface area contributed by atoms with E-state index in [-0.39, 0.29) is 51.6 Å². The average Bonchev–Trinajstić information content (AvgIpc) is 3.37. The lowest BCUT2D eigenvalue weighted by atomic mass is 9.34. The van der Waals surface area contributed by atoms with E-state index in [4.69, 9.17) is 4.74 Å². The summed E-state index contributed by atoms with van der Waals surface area (Å²) in [6.07, 6.45) is 14.5. The second-order valence-corrected chi connectivity index (χ2v) is 16.1. The second kappa shape index (κ2) is 10.5. The maximum Gasteiger partial charge on any atom is 0.382 e. The lowest BCUT2D eigenvalue weighted by Gasteiger charge is -2.70. The molecule has 0 bridgehead atoms. The lowest BCUT2D eigenvalue weighted by Crippen LogP contribution is -2.62. The first kappa shape index (κ1) is 32.0. The van der Waals surface area contributed by atoms with Crippen molar-refractivity contribution in [2.24, 2.45) is 33.0 Å². The quantitative estimate of drug-likeness (QED) is 0.139. The van der Waals surface area contributed by atoms with Gasteiger partial charge in [-0.15, -0.1) is 0 Å². The van der Waals surface area contributed by atoms with Gasteiger partial charge in [0.1, 0.15) is 6.20 Å². The van der Waals surface area contributed by atoms with Crippen LogP contribution in [0.1, 0.15) is 92.9 Å². The van der Waals surface area contributed by atoms with Gasteiger partial charge in [-0.2, -0.15) is 0 Å². The number of ether oxygens (including phenoxy) is 1. The Morgan fingerprint density at radius 1 is 1.13 bits per heavy atom. The lowest BCUT2D eigenvalue weighted by molar-refractivity contribution is -0.389. The average molecular weight is 683 g/mol. The zero-order chi connectivity index (χ0) is 32.7. The number of aromatic nitrogens is 2. The third-order valence-corrected chi connectivity index (χ3v) is 13.7. The van der Waals surface area contributed by atoms with Gasteiger partial charge in [0.25, 0.3) is 4.73 Å². The number of aryl methyl sites for hydroxylation is 1. The van der Waals surface area contributed by atoms with Gasteiger partial charge >= 0.3 is 11.8 Å². The van der Waals surface area contributed by atoms with Crippen molar-refractivity contribution in [1.29, 1.82) is 0 Å². The monoisotopic (exact) mass is 681 g/mol. The van der Waals surface area contributed by atoms with Crippen LogP contribution in [0.4, 0.5) is 5.82 Å². The number of halogens is 1. The molecule has 9 nitrogen and oxygen atoms in total. The van der Waals surface area contributed by atoms with Crippen LogP contribution in [-0.4, -0.2) is 37.9 Å². The van der Waals surface area contributed by atoms with Crippen molar-refractivity contribution in [2.75, 3.05) is 6.61 Å². The molecule has 0 radical (unpaired) electrons. The van der Waals surface area contributed by atoms with E-state index in [1.165, 1.54) is 11.8 Å². The van der Waals surface area contributed by atoms with E-state index < -0.39 is 10.3 Å². The van der Waals surface area contributed by atoms with Gasteiger partial charge in [-0.05, 0) is 115 Å². The Kier molecular flexibility index (Phi) is 7.46. The van der Waals surface area contributed by atoms with Gasteiger partial charge in [-0.25, -0.2) is 0 Å². The predicted octanol–water partition coefficient (Wildman–Crippen LogP) is 8.11. The molecule has 0 amide bonds. The zero-order valence-electron chi connectivity index (χ0n) is 27.2. The Bertz CT molecular complexity index is 1640. The summed E-state index contributed by atoms with van der Waals surface area (Å²) in [5, 5.41) is 21.4. The summed E-state index contributed by atoms with van der Waals surface area (Å²) >= 11 is 3.26. The zero-order valence-corrected chi connectivity index (χ0v) is 28.8. The molecule has 0 saturated heterocycles. The van der Waals surface area contributed by atoms with Crippen LogP contribution in [0.2, 0.25) is 0 Å². The van der Waals surface area contributed by atoms with Crippen LogP contribution in [0, 0.1) is 43.1 Å². The van der Waals surface area contributed by atoms with Gasteiger partial charge < -0.3 is 20.0 Å². The molecule has 45 heavy (non-hydrogen) atoms. The predicted molar refractivity (Wildman–Crippen MR) is 173 cm³/mol. The summed E-state index contributed by atoms with van der Waals surface area (Å²) in [6, 6.07) is 0. The third-order valence-electron chi connectivity index (χ3n) is 13.0. The van der Waals surface area contributed by atoms with Gasteiger partial charge in [-0.1, -0.05) is 45.4 Å². The molecular weight excluding hydrogens is 638 g/mol. The summed E-state index contributed by atoms with van der Waals surface area (Å²) in [5.41, 5.74) is 3.13. The molecule has 1 N–H and O–H groups in total. The van der Waals surface area contributed by atoms with Gasteiger partial charge in [-0.3, -0.25) is 14.2 Å². The fourth-order valence-electron chi connectivity index (χ4n) is 9.84. The fourth-order valence-corrected chi connectivity index (χ4v) is 10.3. The number of esters is 1. The smallest absolute Gasteiger partial charge is 0.382 e. The summed E-state index contributed by atoms with van der Waals surface area (Å²) < 4.78 is 7.92. The SMILES string of the molecule is CC1=C(O)C(=O)C=C2C1=CC=C1[C@@]2(C)CC[C@@]2(C)[C@@H]3C[C@](C)(C(=O)OCCCn4cc([N+](=O)[O-])nc4Br)CC[C@]3(C)CC[C@]12C. The van der Waals surface area contributed by atoms with Crippen LogP contribution >= 0.6 is 15.9 Å². The van der Waals surface area contributed by atoms with E-state index in [0.29, 0.717) is 29.2 Å². The molecule has 3 saturated carbocycles. The minimum absolute atomic E-state index is 0.0483. The number of carbonyl (C=O) groups excluding carboxylic acids is 2. The Hall–Kier alpha value is -3.01. The third kappa shape index (κ3) is 4.63. The first-order chi connectivity index (χ1) is 21.0. The van der Waals surface area contributed by atoms with Crippen LogP contribution in [0.25, 0.3) is 0 Å². The van der Waals surface area contributed by atoms with Gasteiger partial charge in [0.2, 0.25) is 5.78 Å². The molecule has 0 aromatic carbocycles. The summed E-state index contributed by atoms with van der Waals surface area (Å²) in [7, 11) is 0. The Morgan fingerprint density at radius 2 is 1.84 bits per heavy atom. The topological polar surface area (TPSA) is 125 Å². The molecular formula is C35H44BrN3O6. The minimum atomic E-state index is -0.591. The van der Waals surface area contributed by atoms with Crippen molar-refractivity contribution in [3.63, 3.8) is 0 Å². The molecule has 10 heteroatoms. The molecule has 1 heterocycles. The molecule has 0 unspecified atom stereocenters. The molecule has 1 aromatic rings. The van der Waals surface area contributed by atoms with E-state index in [2.05, 4.69) is 67.7 Å². The van der Waals surface area contributed by atoms with Crippen LogP contribution in [0.3, 0.4) is 0 Å². The standard InChI is InChI=1S/C35H44BrN3O6/c1-21-22-8-9-25-33(4,23(22)18-24(40)28(21)41)13-15-35(6)26-19-32(3,11-10-31(26,2)12-14-34(25,35)5)29(42)45-17-7-16-38-20-27(39(43)44)37-30(38)36/h8-9,18,20,26,41H,7,10-17,19H2,1-6H3/t26-,31-,32-,33+,34-,35+/m1/s1. The van der Waals surface area contributed by atoms with E-state index in [1.54, 1.807) is 10.6 Å². The fraction of sp³-hybridized carbons (Fsp3) is 0.629. The number of nitro groups is 1. The molecule has 6 rings (SSSR count). The number of nitrogens with zero attached hydrogens (tertiary/aromatic N) is 3. The van der Waals surface area contributed by atoms with Crippen molar-refractivity contribution in [2.45, 2.75) is 99.5 Å². The molecule has 242 valence electrons. The highest BCUT2D eigenvalue weighted by Crippen LogP contribution is 2.75. The van der Waals surface area contributed by atoms with Crippen molar-refractivity contribution >= 4 is 33.5 Å². The van der Waals surface area contributed by atoms with Gasteiger partial charge in [0, 0.05) is 33.5 Å². The summed E-state index contributed by atoms with van der Waals surface area (Å²) in [6.45, 7) is 14.2. The van der Waals surface area contributed by atoms with Crippen molar-refractivity contribution in [3.05, 3.63) is 67.3 Å². The number of carbonyl (C=O) groups is 2. The number of fused-ring (bicyclic) bond motifs is 7. The molecule has 3 fully saturated rings. The van der Waals surface area contributed by atoms with E-state index >= 15 is 0 Å². The second-order valence-electron chi connectivity index (χ2n) is 15.4. The molecule has 5 aliphatic rings. The van der Waals surface area contributed by atoms with Gasteiger partial charge in [0.15, 0.2) is 5.76 Å². The van der Waals surface area contributed by atoms with E-state index in [0.717, 1.165) is 56.1 Å². The minimum Gasteiger partial charge on any atom is -0.504 e. The number of allylic oxidation sites excluding steroid dienone is 7. The maximum atomic E-state index is 13.7. The largest absolute Gasteiger partial charge is 0.504 e. The molecule has 5 aliphatic carbocycles. The number of hydrogen-bond acceptors (Lipinski definition) is 7. The highest BCUT2D eigenvalue weighted by Gasteiger charge is 2.67. The van der Waals surface area contributed by atoms with Gasteiger partial charge in [0.05, 0.1) is 12.0 Å². The normalized spacial score (nSPS) is 37.4. The number of aliphatic hydroxyl groups is 1. The Labute approximate surface area is 273 Å². The van der Waals surface area contributed by atoms with Crippen LogP contribution < -0.4 is 0 Å². The molecule has 1 aromatic heterocycles. The number of aliphatic hydroxyl groups excluding tert-OH is 1. The van der Waals surface area contributed by atoms with Crippen LogP contribution in [0.5, 0.6) is 0 Å². The van der Waals surface area contributed by atoms with E-state index in [9.17, 15) is 24.8 Å². The summed E-state index contributed by atoms with van der Waals surface area (Å²) in [5.74, 6) is -0.520. The number of rotatable bonds is 6.